The van der Waals surface area contributed by atoms with E-state index in [1.807, 2.05) is 13.0 Å². The first-order chi connectivity index (χ1) is 10.1. The smallest absolute Gasteiger partial charge is 0.193 e. The van der Waals surface area contributed by atoms with Gasteiger partial charge in [-0.15, -0.1) is 0 Å². The summed E-state index contributed by atoms with van der Waals surface area (Å²) in [7, 11) is 0. The maximum Gasteiger partial charge on any atom is 0.193 e. The number of fused-ring (bicyclic) bond motifs is 1. The van der Waals surface area contributed by atoms with Crippen molar-refractivity contribution in [3.05, 3.63) is 58.1 Å². The molecule has 0 unspecified atom stereocenters. The number of ketones is 1. The summed E-state index contributed by atoms with van der Waals surface area (Å²) in [5.41, 5.74) is 2.08. The van der Waals surface area contributed by atoms with E-state index in [1.54, 1.807) is 30.3 Å². The molecule has 1 heterocycles. The molecule has 0 atom stereocenters. The first-order valence-electron chi connectivity index (χ1n) is 6.85. The number of halogens is 1. The van der Waals surface area contributed by atoms with Crippen LogP contribution in [-0.4, -0.2) is 19.0 Å². The van der Waals surface area contributed by atoms with E-state index in [0.717, 1.165) is 12.0 Å². The molecule has 0 spiro atoms. The van der Waals surface area contributed by atoms with Crippen molar-refractivity contribution >= 4 is 17.4 Å². The second-order valence-electron chi connectivity index (χ2n) is 5.00. The van der Waals surface area contributed by atoms with Crippen molar-refractivity contribution in [2.45, 2.75) is 13.3 Å². The van der Waals surface area contributed by atoms with Crippen molar-refractivity contribution in [2.24, 2.45) is 0 Å². The highest BCUT2D eigenvalue weighted by Gasteiger charge is 2.17. The van der Waals surface area contributed by atoms with Crippen LogP contribution in [0.3, 0.4) is 0 Å². The van der Waals surface area contributed by atoms with Gasteiger partial charge in [0.15, 0.2) is 17.3 Å². The Kier molecular flexibility index (Phi) is 3.84. The number of rotatable bonds is 2. The lowest BCUT2D eigenvalue weighted by atomic mass is 9.99. The van der Waals surface area contributed by atoms with Crippen LogP contribution in [0.2, 0.25) is 5.02 Å². The molecule has 0 radical (unpaired) electrons. The Morgan fingerprint density at radius 2 is 1.81 bits per heavy atom. The molecule has 4 heteroatoms. The third-order valence-electron chi connectivity index (χ3n) is 3.45. The largest absolute Gasteiger partial charge is 0.490 e. The van der Waals surface area contributed by atoms with Gasteiger partial charge in [-0.25, -0.2) is 0 Å². The number of hydrogen-bond acceptors (Lipinski definition) is 3. The third kappa shape index (κ3) is 2.88. The van der Waals surface area contributed by atoms with Gasteiger partial charge in [-0.2, -0.15) is 0 Å². The molecule has 1 aliphatic heterocycles. The highest BCUT2D eigenvalue weighted by molar-refractivity contribution is 6.31. The van der Waals surface area contributed by atoms with Crippen molar-refractivity contribution in [3.8, 4) is 11.5 Å². The van der Waals surface area contributed by atoms with Gasteiger partial charge in [-0.3, -0.25) is 4.79 Å². The van der Waals surface area contributed by atoms with Crippen LogP contribution in [0.25, 0.3) is 0 Å². The maximum atomic E-state index is 12.6. The van der Waals surface area contributed by atoms with E-state index < -0.39 is 0 Å². The number of benzene rings is 2. The minimum absolute atomic E-state index is 0.0642. The van der Waals surface area contributed by atoms with Gasteiger partial charge in [-0.05, 0) is 42.8 Å². The van der Waals surface area contributed by atoms with Crippen molar-refractivity contribution < 1.29 is 14.3 Å². The number of carbonyl (C=O) groups is 1. The standard InChI is InChI=1S/C17H15ClO3/c1-11-3-5-13(18)10-14(11)17(19)12-4-6-15-16(9-12)21-8-2-7-20-15/h3-6,9-10H,2,7-8H2,1H3. The number of ether oxygens (including phenoxy) is 2. The molecule has 0 N–H and O–H groups in total. The summed E-state index contributed by atoms with van der Waals surface area (Å²) in [5.74, 6) is 1.25. The highest BCUT2D eigenvalue weighted by atomic mass is 35.5. The van der Waals surface area contributed by atoms with E-state index >= 15 is 0 Å². The zero-order chi connectivity index (χ0) is 14.8. The zero-order valence-electron chi connectivity index (χ0n) is 11.7. The van der Waals surface area contributed by atoms with Crippen LogP contribution >= 0.6 is 11.6 Å². The van der Waals surface area contributed by atoms with E-state index in [-0.39, 0.29) is 5.78 Å². The average molecular weight is 303 g/mol. The predicted molar refractivity (Wildman–Crippen MR) is 81.7 cm³/mol. The van der Waals surface area contributed by atoms with E-state index in [0.29, 0.717) is 40.9 Å². The Labute approximate surface area is 128 Å². The van der Waals surface area contributed by atoms with Gasteiger partial charge in [0.2, 0.25) is 0 Å². The predicted octanol–water partition coefficient (Wildman–Crippen LogP) is 4.04. The van der Waals surface area contributed by atoms with E-state index in [9.17, 15) is 4.79 Å². The number of carbonyl (C=O) groups excluding carboxylic acids is 1. The summed E-state index contributed by atoms with van der Waals surface area (Å²) in [6.45, 7) is 3.13. The molecule has 0 fully saturated rings. The fraction of sp³-hybridized carbons (Fsp3) is 0.235. The van der Waals surface area contributed by atoms with E-state index in [2.05, 4.69) is 0 Å². The Morgan fingerprint density at radius 1 is 1.05 bits per heavy atom. The van der Waals surface area contributed by atoms with E-state index in [1.165, 1.54) is 0 Å². The zero-order valence-corrected chi connectivity index (χ0v) is 12.4. The molecule has 2 aromatic carbocycles. The molecule has 2 aromatic rings. The third-order valence-corrected chi connectivity index (χ3v) is 3.69. The summed E-state index contributed by atoms with van der Waals surface area (Å²) in [6.07, 6.45) is 0.839. The van der Waals surface area contributed by atoms with Crippen LogP contribution < -0.4 is 9.47 Å². The lowest BCUT2D eigenvalue weighted by Crippen LogP contribution is -2.04. The SMILES string of the molecule is Cc1ccc(Cl)cc1C(=O)c1ccc2c(c1)OCCCO2. The van der Waals surface area contributed by atoms with Gasteiger partial charge >= 0.3 is 0 Å². The van der Waals surface area contributed by atoms with Crippen molar-refractivity contribution in [1.29, 1.82) is 0 Å². The molecular formula is C17H15ClO3. The molecule has 3 rings (SSSR count). The van der Waals surface area contributed by atoms with Gasteiger partial charge < -0.3 is 9.47 Å². The second-order valence-corrected chi connectivity index (χ2v) is 5.44. The fourth-order valence-electron chi connectivity index (χ4n) is 2.30. The molecule has 3 nitrogen and oxygen atoms in total. The van der Waals surface area contributed by atoms with Crippen LogP contribution in [0.4, 0.5) is 0 Å². The summed E-state index contributed by atoms with van der Waals surface area (Å²) >= 11 is 5.99. The average Bonchev–Trinajstić information content (AvgIpc) is 2.73. The molecule has 1 aliphatic rings. The van der Waals surface area contributed by atoms with Gasteiger partial charge in [0.25, 0.3) is 0 Å². The molecular weight excluding hydrogens is 288 g/mol. The lowest BCUT2D eigenvalue weighted by Gasteiger charge is -2.10. The van der Waals surface area contributed by atoms with Gasteiger partial charge in [0.05, 0.1) is 13.2 Å². The van der Waals surface area contributed by atoms with Crippen molar-refractivity contribution in [2.75, 3.05) is 13.2 Å². The minimum atomic E-state index is -0.0642. The molecule has 0 aliphatic carbocycles. The van der Waals surface area contributed by atoms with Crippen LogP contribution in [0.1, 0.15) is 27.9 Å². The number of aryl methyl sites for hydroxylation is 1. The van der Waals surface area contributed by atoms with Gasteiger partial charge in [0.1, 0.15) is 0 Å². The number of hydrogen-bond donors (Lipinski definition) is 0. The molecule has 21 heavy (non-hydrogen) atoms. The van der Waals surface area contributed by atoms with Crippen LogP contribution in [0.15, 0.2) is 36.4 Å². The quantitative estimate of drug-likeness (QED) is 0.785. The Hall–Kier alpha value is -2.00. The van der Waals surface area contributed by atoms with Crippen molar-refractivity contribution in [3.63, 3.8) is 0 Å². The summed E-state index contributed by atoms with van der Waals surface area (Å²) in [6, 6.07) is 10.6. The second kappa shape index (κ2) is 5.78. The fourth-order valence-corrected chi connectivity index (χ4v) is 2.47. The van der Waals surface area contributed by atoms with Crippen LogP contribution in [0.5, 0.6) is 11.5 Å². The molecule has 0 bridgehead atoms. The van der Waals surface area contributed by atoms with Gasteiger partial charge in [-0.1, -0.05) is 17.7 Å². The van der Waals surface area contributed by atoms with Gasteiger partial charge in [0, 0.05) is 22.6 Å². The lowest BCUT2D eigenvalue weighted by molar-refractivity contribution is 0.103. The molecule has 108 valence electrons. The Balaban J connectivity index is 1.98. The minimum Gasteiger partial charge on any atom is -0.490 e. The normalized spacial score (nSPS) is 13.6. The Morgan fingerprint density at radius 3 is 2.62 bits per heavy atom. The molecule has 0 saturated carbocycles. The van der Waals surface area contributed by atoms with E-state index in [4.69, 9.17) is 21.1 Å². The molecule has 0 amide bonds. The monoisotopic (exact) mass is 302 g/mol. The molecule has 0 saturated heterocycles. The van der Waals surface area contributed by atoms with Crippen LogP contribution in [-0.2, 0) is 0 Å². The highest BCUT2D eigenvalue weighted by Crippen LogP contribution is 2.31. The Bertz CT molecular complexity index is 694. The summed E-state index contributed by atoms with van der Waals surface area (Å²) < 4.78 is 11.2. The first kappa shape index (κ1) is 14.0. The first-order valence-corrected chi connectivity index (χ1v) is 7.23. The van der Waals surface area contributed by atoms with Crippen LogP contribution in [0, 0.1) is 6.92 Å². The van der Waals surface area contributed by atoms with Crippen molar-refractivity contribution in [1.82, 2.24) is 0 Å². The summed E-state index contributed by atoms with van der Waals surface area (Å²) in [5, 5.41) is 0.554. The summed E-state index contributed by atoms with van der Waals surface area (Å²) in [4.78, 5) is 12.6. The topological polar surface area (TPSA) is 35.5 Å². The maximum absolute atomic E-state index is 12.6. The molecule has 0 aromatic heterocycles.